The van der Waals surface area contributed by atoms with Gasteiger partial charge in [-0.1, -0.05) is 23.4 Å². The lowest BCUT2D eigenvalue weighted by molar-refractivity contribution is 0.361. The molecule has 1 aliphatic heterocycles. The molecule has 0 amide bonds. The lowest BCUT2D eigenvalue weighted by Crippen LogP contribution is -2.17. The van der Waals surface area contributed by atoms with E-state index in [1.807, 2.05) is 12.1 Å². The Morgan fingerprint density at radius 2 is 1.90 bits per heavy atom. The fraction of sp³-hybridized carbons (Fsp3) is 0.200. The van der Waals surface area contributed by atoms with Crippen LogP contribution in [-0.4, -0.2) is 26.7 Å². The van der Waals surface area contributed by atoms with Crippen LogP contribution in [0.4, 0.5) is 5.69 Å². The first kappa shape index (κ1) is 12.0. The molecule has 6 heteroatoms. The van der Waals surface area contributed by atoms with Gasteiger partial charge >= 0.3 is 0 Å². The number of benzene rings is 1. The lowest BCUT2D eigenvalue weighted by atomic mass is 9.91. The van der Waals surface area contributed by atoms with Gasteiger partial charge in [-0.2, -0.15) is 4.98 Å². The van der Waals surface area contributed by atoms with Crippen LogP contribution in [0.25, 0.3) is 11.6 Å². The maximum absolute atomic E-state index is 5.45. The van der Waals surface area contributed by atoms with Gasteiger partial charge in [0, 0.05) is 24.6 Å². The first-order chi connectivity index (χ1) is 10.4. The van der Waals surface area contributed by atoms with Crippen LogP contribution < -0.4 is 5.32 Å². The van der Waals surface area contributed by atoms with E-state index < -0.39 is 0 Å². The Morgan fingerprint density at radius 1 is 1.05 bits per heavy atom. The third kappa shape index (κ3) is 2.14. The second-order valence-corrected chi connectivity index (χ2v) is 4.88. The first-order valence-electron chi connectivity index (χ1n) is 6.85. The summed E-state index contributed by atoms with van der Waals surface area (Å²) in [5, 5.41) is 7.39. The van der Waals surface area contributed by atoms with Gasteiger partial charge in [-0.25, -0.2) is 9.97 Å². The number of fused-ring (bicyclic) bond motifs is 1. The molecule has 1 aliphatic rings. The van der Waals surface area contributed by atoms with Crippen LogP contribution in [0, 0.1) is 0 Å². The molecule has 6 nitrogen and oxygen atoms in total. The van der Waals surface area contributed by atoms with Crippen molar-refractivity contribution in [1.82, 2.24) is 20.1 Å². The van der Waals surface area contributed by atoms with Gasteiger partial charge in [0.15, 0.2) is 0 Å². The molecule has 0 saturated heterocycles. The standard InChI is InChI=1S/C15H13N5O/c1-2-5-12-10(4-1)11(6-9-16-12)15-19-14(20-21-15)13-17-7-3-8-18-13/h1-5,7-8,11,16H,6,9H2. The number of anilines is 1. The van der Waals surface area contributed by atoms with E-state index in [1.54, 1.807) is 18.5 Å². The van der Waals surface area contributed by atoms with Crippen molar-refractivity contribution >= 4 is 5.69 Å². The van der Waals surface area contributed by atoms with Crippen molar-refractivity contribution in [2.75, 3.05) is 11.9 Å². The van der Waals surface area contributed by atoms with Crippen LogP contribution >= 0.6 is 0 Å². The summed E-state index contributed by atoms with van der Waals surface area (Å²) in [5.74, 6) is 1.65. The maximum Gasteiger partial charge on any atom is 0.240 e. The van der Waals surface area contributed by atoms with E-state index in [0.29, 0.717) is 17.5 Å². The molecule has 0 saturated carbocycles. The minimum atomic E-state index is 0.118. The minimum Gasteiger partial charge on any atom is -0.385 e. The molecule has 104 valence electrons. The second kappa shape index (κ2) is 4.97. The zero-order chi connectivity index (χ0) is 14.1. The van der Waals surface area contributed by atoms with Crippen LogP contribution in [0.5, 0.6) is 0 Å². The molecular weight excluding hydrogens is 266 g/mol. The summed E-state index contributed by atoms with van der Waals surface area (Å²) in [7, 11) is 0. The van der Waals surface area contributed by atoms with Crippen molar-refractivity contribution in [2.45, 2.75) is 12.3 Å². The molecule has 3 heterocycles. The highest BCUT2D eigenvalue weighted by molar-refractivity contribution is 5.56. The Balaban J connectivity index is 1.71. The maximum atomic E-state index is 5.45. The smallest absolute Gasteiger partial charge is 0.240 e. The van der Waals surface area contributed by atoms with E-state index in [-0.39, 0.29) is 5.92 Å². The van der Waals surface area contributed by atoms with E-state index in [1.165, 1.54) is 5.56 Å². The number of nitrogens with one attached hydrogen (secondary N) is 1. The van der Waals surface area contributed by atoms with Crippen LogP contribution in [0.2, 0.25) is 0 Å². The Kier molecular flexibility index (Phi) is 2.85. The second-order valence-electron chi connectivity index (χ2n) is 4.88. The molecule has 1 aromatic carbocycles. The van der Waals surface area contributed by atoms with Gasteiger partial charge in [-0.05, 0) is 24.1 Å². The molecular formula is C15H13N5O. The molecule has 0 bridgehead atoms. The predicted octanol–water partition coefficient (Wildman–Crippen LogP) is 2.47. The summed E-state index contributed by atoms with van der Waals surface area (Å²) in [4.78, 5) is 12.8. The fourth-order valence-corrected chi connectivity index (χ4v) is 2.61. The Morgan fingerprint density at radius 3 is 2.81 bits per heavy atom. The molecule has 0 fully saturated rings. The summed E-state index contributed by atoms with van der Waals surface area (Å²) >= 11 is 0. The number of para-hydroxylation sites is 1. The minimum absolute atomic E-state index is 0.118. The highest BCUT2D eigenvalue weighted by atomic mass is 16.5. The van der Waals surface area contributed by atoms with Gasteiger partial charge in [0.25, 0.3) is 0 Å². The van der Waals surface area contributed by atoms with E-state index in [9.17, 15) is 0 Å². The van der Waals surface area contributed by atoms with Gasteiger partial charge in [-0.15, -0.1) is 0 Å². The molecule has 1 N–H and O–H groups in total. The SMILES string of the molecule is c1cnc(-c2noc(C3CCNc4ccccc43)n2)nc1. The van der Waals surface area contributed by atoms with Crippen molar-refractivity contribution in [3.63, 3.8) is 0 Å². The van der Waals surface area contributed by atoms with Crippen molar-refractivity contribution in [1.29, 1.82) is 0 Å². The quantitative estimate of drug-likeness (QED) is 0.776. The highest BCUT2D eigenvalue weighted by Crippen LogP contribution is 2.35. The van der Waals surface area contributed by atoms with Gasteiger partial charge in [-0.3, -0.25) is 0 Å². The normalized spacial score (nSPS) is 17.0. The Labute approximate surface area is 121 Å². The average Bonchev–Trinajstić information content (AvgIpc) is 3.05. The van der Waals surface area contributed by atoms with Gasteiger partial charge < -0.3 is 9.84 Å². The highest BCUT2D eigenvalue weighted by Gasteiger charge is 2.26. The molecule has 4 rings (SSSR count). The van der Waals surface area contributed by atoms with Crippen molar-refractivity contribution in [2.24, 2.45) is 0 Å². The van der Waals surface area contributed by atoms with E-state index in [4.69, 9.17) is 4.52 Å². The van der Waals surface area contributed by atoms with E-state index in [0.717, 1.165) is 18.7 Å². The largest absolute Gasteiger partial charge is 0.385 e. The molecule has 1 atom stereocenters. The number of aromatic nitrogens is 4. The molecule has 0 aliphatic carbocycles. The van der Waals surface area contributed by atoms with Crippen molar-refractivity contribution < 1.29 is 4.52 Å². The molecule has 0 radical (unpaired) electrons. The van der Waals surface area contributed by atoms with Crippen LogP contribution in [0.15, 0.2) is 47.2 Å². The summed E-state index contributed by atoms with van der Waals surface area (Å²) in [5.41, 5.74) is 2.32. The van der Waals surface area contributed by atoms with Gasteiger partial charge in [0.05, 0.1) is 5.92 Å². The summed E-state index contributed by atoms with van der Waals surface area (Å²) in [6.45, 7) is 0.890. The number of rotatable bonds is 2. The van der Waals surface area contributed by atoms with E-state index >= 15 is 0 Å². The molecule has 1 unspecified atom stereocenters. The number of hydrogen-bond acceptors (Lipinski definition) is 6. The van der Waals surface area contributed by atoms with Crippen LogP contribution in [0.1, 0.15) is 23.8 Å². The third-order valence-corrected chi connectivity index (χ3v) is 3.59. The Bertz CT molecular complexity index is 756. The van der Waals surface area contributed by atoms with Gasteiger partial charge in [0.2, 0.25) is 17.5 Å². The average molecular weight is 279 g/mol. The van der Waals surface area contributed by atoms with Crippen molar-refractivity contribution in [3.8, 4) is 11.6 Å². The zero-order valence-electron chi connectivity index (χ0n) is 11.2. The zero-order valence-corrected chi connectivity index (χ0v) is 11.2. The monoisotopic (exact) mass is 279 g/mol. The number of hydrogen-bond donors (Lipinski definition) is 1. The third-order valence-electron chi connectivity index (χ3n) is 3.59. The van der Waals surface area contributed by atoms with Crippen LogP contribution in [-0.2, 0) is 0 Å². The van der Waals surface area contributed by atoms with Gasteiger partial charge in [0.1, 0.15) is 0 Å². The molecule has 3 aromatic rings. The molecule has 2 aromatic heterocycles. The van der Waals surface area contributed by atoms with Crippen molar-refractivity contribution in [3.05, 3.63) is 54.2 Å². The Hall–Kier alpha value is -2.76. The molecule has 0 spiro atoms. The number of nitrogens with zero attached hydrogens (tertiary/aromatic N) is 4. The first-order valence-corrected chi connectivity index (χ1v) is 6.85. The topological polar surface area (TPSA) is 76.7 Å². The van der Waals surface area contributed by atoms with Crippen LogP contribution in [0.3, 0.4) is 0 Å². The molecule has 21 heavy (non-hydrogen) atoms. The lowest BCUT2D eigenvalue weighted by Gasteiger charge is -2.23. The predicted molar refractivity (Wildman–Crippen MR) is 76.7 cm³/mol. The summed E-state index contributed by atoms with van der Waals surface area (Å²) in [6, 6.07) is 9.96. The summed E-state index contributed by atoms with van der Waals surface area (Å²) < 4.78 is 5.45. The van der Waals surface area contributed by atoms with E-state index in [2.05, 4.69) is 37.6 Å². The fourth-order valence-electron chi connectivity index (χ4n) is 2.61. The summed E-state index contributed by atoms with van der Waals surface area (Å²) in [6.07, 6.45) is 4.25.